The summed E-state index contributed by atoms with van der Waals surface area (Å²) in [5, 5.41) is 0. The molecule has 1 saturated heterocycles. The smallest absolute Gasteiger partial charge is 0.213 e. The van der Waals surface area contributed by atoms with Crippen LogP contribution in [0.3, 0.4) is 0 Å². The van der Waals surface area contributed by atoms with Gasteiger partial charge in [-0.3, -0.25) is 9.59 Å². The average molecular weight is 275 g/mol. The number of hydrogen-bond acceptors (Lipinski definition) is 3. The normalized spacial score (nSPS) is 29.2. The van der Waals surface area contributed by atoms with E-state index in [2.05, 4.69) is 6.92 Å². The molecule has 0 aromatic heterocycles. The first-order valence-corrected chi connectivity index (χ1v) is 6.93. The molecular weight excluding hydrogens is 254 g/mol. The van der Waals surface area contributed by atoms with Gasteiger partial charge in [0.2, 0.25) is 6.41 Å². The fraction of sp³-hybridized carbons (Fsp3) is 0.500. The third-order valence-corrected chi connectivity index (χ3v) is 4.26. The molecule has 4 atom stereocenters. The van der Waals surface area contributed by atoms with E-state index in [9.17, 15) is 9.59 Å². The van der Waals surface area contributed by atoms with Crippen LogP contribution in [0.4, 0.5) is 5.69 Å². The summed E-state index contributed by atoms with van der Waals surface area (Å²) in [6, 6.07) is 7.13. The van der Waals surface area contributed by atoms with Crippen LogP contribution < -0.4 is 4.90 Å². The van der Waals surface area contributed by atoms with Gasteiger partial charge in [0, 0.05) is 18.3 Å². The Bertz CT molecular complexity index is 497. The first-order valence-electron chi connectivity index (χ1n) is 6.93. The second kappa shape index (κ2) is 5.75. The van der Waals surface area contributed by atoms with Crippen molar-refractivity contribution in [2.45, 2.75) is 33.0 Å². The van der Waals surface area contributed by atoms with Gasteiger partial charge in [-0.2, -0.15) is 0 Å². The van der Waals surface area contributed by atoms with E-state index in [1.807, 2.05) is 13.8 Å². The van der Waals surface area contributed by atoms with Gasteiger partial charge < -0.3 is 9.64 Å². The minimum atomic E-state index is -0.0975. The lowest BCUT2D eigenvalue weighted by atomic mass is 9.83. The molecule has 2 rings (SSSR count). The number of carbonyl (C=O) groups is 2. The average Bonchev–Trinajstić information content (AvgIpc) is 2.71. The molecule has 4 nitrogen and oxygen atoms in total. The van der Waals surface area contributed by atoms with Gasteiger partial charge in [0.15, 0.2) is 5.78 Å². The van der Waals surface area contributed by atoms with E-state index in [0.29, 0.717) is 5.56 Å². The van der Waals surface area contributed by atoms with Gasteiger partial charge in [-0.1, -0.05) is 6.92 Å². The zero-order valence-corrected chi connectivity index (χ0v) is 12.4. The third-order valence-electron chi connectivity index (χ3n) is 4.26. The zero-order chi connectivity index (χ0) is 14.9. The molecule has 1 aromatic rings. The summed E-state index contributed by atoms with van der Waals surface area (Å²) in [5.74, 6) is 0.240. The molecule has 0 aliphatic carbocycles. The molecule has 1 aliphatic heterocycles. The second-order valence-corrected chi connectivity index (χ2v) is 5.56. The lowest BCUT2D eigenvalue weighted by Crippen LogP contribution is -2.26. The van der Waals surface area contributed by atoms with Gasteiger partial charge in [0.1, 0.15) is 0 Å². The summed E-state index contributed by atoms with van der Waals surface area (Å²) in [6.07, 6.45) is 0.803. The van der Waals surface area contributed by atoms with E-state index < -0.39 is 0 Å². The van der Waals surface area contributed by atoms with Gasteiger partial charge in [0.05, 0.1) is 18.1 Å². The quantitative estimate of drug-likeness (QED) is 0.626. The van der Waals surface area contributed by atoms with Crippen molar-refractivity contribution in [2.24, 2.45) is 11.8 Å². The van der Waals surface area contributed by atoms with Gasteiger partial charge >= 0.3 is 0 Å². The summed E-state index contributed by atoms with van der Waals surface area (Å²) >= 11 is 0. The minimum absolute atomic E-state index is 0.0511. The number of nitrogens with zero attached hydrogens (tertiary/aromatic N) is 1. The van der Waals surface area contributed by atoms with Gasteiger partial charge in [-0.15, -0.1) is 0 Å². The molecule has 1 aromatic carbocycles. The van der Waals surface area contributed by atoms with Gasteiger partial charge in [0.25, 0.3) is 0 Å². The van der Waals surface area contributed by atoms with Crippen molar-refractivity contribution in [2.75, 3.05) is 11.9 Å². The standard InChI is InChI=1S/C16H21NO3/c1-10-11(2)20-12(3)15(10)16(19)13-5-7-14(8-6-13)17(4)9-18/h5-12,15H,1-4H3. The van der Waals surface area contributed by atoms with Crippen molar-refractivity contribution in [1.29, 1.82) is 0 Å². The van der Waals surface area contributed by atoms with Crippen LogP contribution in [0.15, 0.2) is 24.3 Å². The summed E-state index contributed by atoms with van der Waals surface area (Å²) in [6.45, 7) is 6.03. The van der Waals surface area contributed by atoms with Crippen molar-refractivity contribution in [1.82, 2.24) is 0 Å². The highest BCUT2D eigenvalue weighted by Crippen LogP contribution is 2.34. The summed E-state index contributed by atoms with van der Waals surface area (Å²) in [5.41, 5.74) is 1.45. The number of benzene rings is 1. The SMILES string of the molecule is CC1OC(C)C(C(=O)c2ccc(N(C)C=O)cc2)C1C. The first-order chi connectivity index (χ1) is 9.45. The van der Waals surface area contributed by atoms with Crippen LogP contribution in [0.5, 0.6) is 0 Å². The number of ether oxygens (including phenoxy) is 1. The van der Waals surface area contributed by atoms with E-state index in [1.165, 1.54) is 4.90 Å². The second-order valence-electron chi connectivity index (χ2n) is 5.56. The minimum Gasteiger partial charge on any atom is -0.374 e. The van der Waals surface area contributed by atoms with Crippen molar-refractivity contribution in [3.63, 3.8) is 0 Å². The van der Waals surface area contributed by atoms with E-state index in [4.69, 9.17) is 4.74 Å². The molecule has 0 saturated carbocycles. The maximum Gasteiger partial charge on any atom is 0.213 e. The van der Waals surface area contributed by atoms with Crippen LogP contribution in [-0.2, 0) is 9.53 Å². The number of rotatable bonds is 4. The van der Waals surface area contributed by atoms with E-state index >= 15 is 0 Å². The molecule has 4 heteroatoms. The summed E-state index contributed by atoms with van der Waals surface area (Å²) in [7, 11) is 1.68. The van der Waals surface area contributed by atoms with Crippen LogP contribution in [0.2, 0.25) is 0 Å². The lowest BCUT2D eigenvalue weighted by Gasteiger charge is -2.18. The number of ketones is 1. The summed E-state index contributed by atoms with van der Waals surface area (Å²) < 4.78 is 5.73. The van der Waals surface area contributed by atoms with Gasteiger partial charge in [-0.05, 0) is 44.0 Å². The Morgan fingerprint density at radius 2 is 1.75 bits per heavy atom. The molecule has 108 valence electrons. The monoisotopic (exact) mass is 275 g/mol. The summed E-state index contributed by atoms with van der Waals surface area (Å²) in [4.78, 5) is 24.8. The lowest BCUT2D eigenvalue weighted by molar-refractivity contribution is -0.107. The van der Waals surface area contributed by atoms with Gasteiger partial charge in [-0.25, -0.2) is 0 Å². The van der Waals surface area contributed by atoms with Crippen LogP contribution in [0.1, 0.15) is 31.1 Å². The number of anilines is 1. The number of hydrogen-bond donors (Lipinski definition) is 0. The Labute approximate surface area is 119 Å². The molecule has 1 amide bonds. The molecule has 0 N–H and O–H groups in total. The molecule has 1 heterocycles. The highest BCUT2D eigenvalue weighted by Gasteiger charge is 2.41. The van der Waals surface area contributed by atoms with E-state index in [-0.39, 0.29) is 29.8 Å². The molecular formula is C16H21NO3. The fourth-order valence-corrected chi connectivity index (χ4v) is 2.83. The molecule has 1 fully saturated rings. The van der Waals surface area contributed by atoms with Crippen molar-refractivity contribution in [3.8, 4) is 0 Å². The van der Waals surface area contributed by atoms with Crippen LogP contribution in [0, 0.1) is 11.8 Å². The van der Waals surface area contributed by atoms with E-state index in [1.54, 1.807) is 31.3 Å². The largest absolute Gasteiger partial charge is 0.374 e. The van der Waals surface area contributed by atoms with Crippen molar-refractivity contribution in [3.05, 3.63) is 29.8 Å². The first kappa shape index (κ1) is 14.7. The molecule has 0 bridgehead atoms. The Morgan fingerprint density at radius 3 is 2.20 bits per heavy atom. The predicted molar refractivity (Wildman–Crippen MR) is 77.9 cm³/mol. The number of Topliss-reactive ketones (excluding diaryl/α,β-unsaturated/α-hetero) is 1. The predicted octanol–water partition coefficient (Wildman–Crippen LogP) is 2.52. The molecule has 20 heavy (non-hydrogen) atoms. The number of amides is 1. The Kier molecular flexibility index (Phi) is 4.23. The molecule has 4 unspecified atom stereocenters. The van der Waals surface area contributed by atoms with Crippen LogP contribution in [0.25, 0.3) is 0 Å². The van der Waals surface area contributed by atoms with Crippen molar-refractivity contribution < 1.29 is 14.3 Å². The number of carbonyl (C=O) groups excluding carboxylic acids is 2. The maximum absolute atomic E-state index is 12.6. The van der Waals surface area contributed by atoms with E-state index in [0.717, 1.165) is 12.1 Å². The Balaban J connectivity index is 2.19. The topological polar surface area (TPSA) is 46.6 Å². The zero-order valence-electron chi connectivity index (χ0n) is 12.4. The maximum atomic E-state index is 12.6. The fourth-order valence-electron chi connectivity index (χ4n) is 2.83. The third kappa shape index (κ3) is 2.61. The highest BCUT2D eigenvalue weighted by atomic mass is 16.5. The Hall–Kier alpha value is -1.68. The molecule has 0 radical (unpaired) electrons. The molecule has 0 spiro atoms. The Morgan fingerprint density at radius 1 is 1.15 bits per heavy atom. The molecule has 1 aliphatic rings. The van der Waals surface area contributed by atoms with Crippen LogP contribution >= 0.6 is 0 Å². The highest BCUT2D eigenvalue weighted by molar-refractivity contribution is 5.99. The van der Waals surface area contributed by atoms with Crippen LogP contribution in [-0.4, -0.2) is 31.4 Å². The van der Waals surface area contributed by atoms with Crippen molar-refractivity contribution >= 4 is 17.9 Å².